The number of carbonyl (C=O) groups is 1. The molecular formula is C22H29N2O5+. The van der Waals surface area contributed by atoms with E-state index in [0.717, 1.165) is 75.0 Å². The fourth-order valence-electron chi connectivity index (χ4n) is 4.17. The highest BCUT2D eigenvalue weighted by Crippen LogP contribution is 2.29. The molecule has 156 valence electrons. The molecule has 2 heterocycles. The molecule has 29 heavy (non-hydrogen) atoms. The molecule has 1 fully saturated rings. The van der Waals surface area contributed by atoms with Crippen LogP contribution in [0, 0.1) is 0 Å². The minimum Gasteiger partial charge on any atom is -0.481 e. The minimum absolute atomic E-state index is 0.148. The predicted octanol–water partition coefficient (Wildman–Crippen LogP) is 0.470. The van der Waals surface area contributed by atoms with E-state index in [1.54, 1.807) is 13.0 Å². The number of morpholine rings is 1. The van der Waals surface area contributed by atoms with Crippen molar-refractivity contribution < 1.29 is 23.6 Å². The second-order valence-corrected chi connectivity index (χ2v) is 7.88. The maximum atomic E-state index is 12.4. The number of amides is 1. The number of quaternary nitrogens is 1. The van der Waals surface area contributed by atoms with Crippen LogP contribution < -0.4 is 20.6 Å². The summed E-state index contributed by atoms with van der Waals surface area (Å²) in [4.78, 5) is 26.1. The molecule has 0 spiro atoms. The normalized spacial score (nSPS) is 18.2. The van der Waals surface area contributed by atoms with Crippen molar-refractivity contribution in [3.63, 3.8) is 0 Å². The van der Waals surface area contributed by atoms with Crippen LogP contribution in [0.4, 0.5) is 0 Å². The van der Waals surface area contributed by atoms with E-state index in [1.807, 2.05) is 12.1 Å². The Hall–Kier alpha value is -2.38. The van der Waals surface area contributed by atoms with Crippen molar-refractivity contribution in [1.29, 1.82) is 0 Å². The monoisotopic (exact) mass is 401 g/mol. The number of hydrogen-bond donors (Lipinski definition) is 2. The molecule has 0 unspecified atom stereocenters. The predicted molar refractivity (Wildman–Crippen MR) is 109 cm³/mol. The number of benzene rings is 1. The van der Waals surface area contributed by atoms with Gasteiger partial charge in [-0.1, -0.05) is 0 Å². The topological polar surface area (TPSA) is 82.2 Å². The van der Waals surface area contributed by atoms with Crippen LogP contribution in [0.25, 0.3) is 11.0 Å². The lowest BCUT2D eigenvalue weighted by Crippen LogP contribution is -3.14. The lowest BCUT2D eigenvalue weighted by molar-refractivity contribution is -0.906. The molecule has 1 aromatic carbocycles. The quantitative estimate of drug-likeness (QED) is 0.688. The summed E-state index contributed by atoms with van der Waals surface area (Å²) in [5.74, 6) is 0.377. The third-order valence-corrected chi connectivity index (χ3v) is 5.85. The third-order valence-electron chi connectivity index (χ3n) is 5.85. The maximum Gasteiger partial charge on any atom is 0.339 e. The SMILES string of the molecule is C[C@H](Oc1ccc2c3c(c(=O)oc2c1)CCCC3)C(=O)NCC[NH+]1CCOCC1. The Balaban J connectivity index is 1.38. The Morgan fingerprint density at radius 1 is 1.21 bits per heavy atom. The molecule has 1 aliphatic carbocycles. The Morgan fingerprint density at radius 2 is 1.97 bits per heavy atom. The van der Waals surface area contributed by atoms with Gasteiger partial charge in [-0.3, -0.25) is 4.79 Å². The van der Waals surface area contributed by atoms with Gasteiger partial charge in [-0.25, -0.2) is 4.79 Å². The molecule has 7 nitrogen and oxygen atoms in total. The van der Waals surface area contributed by atoms with Crippen molar-refractivity contribution in [3.05, 3.63) is 39.7 Å². The molecule has 1 amide bonds. The van der Waals surface area contributed by atoms with Gasteiger partial charge in [-0.15, -0.1) is 0 Å². The summed E-state index contributed by atoms with van der Waals surface area (Å²) in [5.41, 5.74) is 2.19. The molecule has 1 saturated heterocycles. The van der Waals surface area contributed by atoms with Gasteiger partial charge in [0.15, 0.2) is 6.10 Å². The number of aryl methyl sites for hydroxylation is 1. The first-order valence-corrected chi connectivity index (χ1v) is 10.6. The largest absolute Gasteiger partial charge is 0.481 e. The number of ether oxygens (including phenoxy) is 2. The zero-order valence-corrected chi connectivity index (χ0v) is 16.9. The summed E-state index contributed by atoms with van der Waals surface area (Å²) < 4.78 is 16.7. The van der Waals surface area contributed by atoms with Crippen LogP contribution >= 0.6 is 0 Å². The van der Waals surface area contributed by atoms with E-state index in [2.05, 4.69) is 5.32 Å². The first kappa shape index (κ1) is 19.9. The smallest absolute Gasteiger partial charge is 0.339 e. The van der Waals surface area contributed by atoms with Crippen LogP contribution in [0.1, 0.15) is 30.9 Å². The van der Waals surface area contributed by atoms with Gasteiger partial charge < -0.3 is 24.1 Å². The summed E-state index contributed by atoms with van der Waals surface area (Å²) in [6, 6.07) is 5.50. The van der Waals surface area contributed by atoms with Crippen molar-refractivity contribution in [3.8, 4) is 5.75 Å². The number of fused-ring (bicyclic) bond motifs is 3. The van der Waals surface area contributed by atoms with Crippen molar-refractivity contribution in [2.24, 2.45) is 0 Å². The van der Waals surface area contributed by atoms with Crippen molar-refractivity contribution in [1.82, 2.24) is 5.32 Å². The standard InChI is InChI=1S/C22H28N2O5/c1-15(21(25)23-8-9-24-10-12-27-13-11-24)28-16-6-7-18-17-4-2-3-5-19(17)22(26)29-20(18)14-16/h6-7,14-15H,2-5,8-13H2,1H3,(H,23,25)/p+1/t15-/m0/s1. The zero-order chi connectivity index (χ0) is 20.2. The maximum absolute atomic E-state index is 12.4. The molecule has 2 aliphatic rings. The van der Waals surface area contributed by atoms with Gasteiger partial charge in [0.1, 0.15) is 24.4 Å². The molecule has 1 aromatic heterocycles. The van der Waals surface area contributed by atoms with Crippen molar-refractivity contribution in [2.45, 2.75) is 38.7 Å². The zero-order valence-electron chi connectivity index (χ0n) is 16.9. The Kier molecular flexibility index (Phi) is 6.16. The fourth-order valence-corrected chi connectivity index (χ4v) is 4.17. The number of hydrogen-bond acceptors (Lipinski definition) is 5. The highest BCUT2D eigenvalue weighted by atomic mass is 16.5. The average molecular weight is 401 g/mol. The highest BCUT2D eigenvalue weighted by Gasteiger charge is 2.20. The molecule has 0 radical (unpaired) electrons. The molecular weight excluding hydrogens is 372 g/mol. The Bertz CT molecular complexity index is 933. The Labute approximate surface area is 170 Å². The molecule has 0 saturated carbocycles. The number of nitrogens with one attached hydrogen (secondary N) is 2. The summed E-state index contributed by atoms with van der Waals surface area (Å²) in [6.07, 6.45) is 3.19. The number of carbonyl (C=O) groups excluding carboxylic acids is 1. The van der Waals surface area contributed by atoms with Crippen LogP contribution in [0.5, 0.6) is 5.75 Å². The Morgan fingerprint density at radius 3 is 2.76 bits per heavy atom. The average Bonchev–Trinajstić information content (AvgIpc) is 2.74. The summed E-state index contributed by atoms with van der Waals surface area (Å²) in [5, 5.41) is 3.91. The molecule has 1 aliphatic heterocycles. The first-order valence-electron chi connectivity index (χ1n) is 10.6. The van der Waals surface area contributed by atoms with Gasteiger partial charge in [-0.2, -0.15) is 0 Å². The lowest BCUT2D eigenvalue weighted by Gasteiger charge is -2.24. The molecule has 2 aromatic rings. The fraction of sp³-hybridized carbons (Fsp3) is 0.545. The third kappa shape index (κ3) is 4.62. The highest BCUT2D eigenvalue weighted by molar-refractivity contribution is 5.83. The van der Waals surface area contributed by atoms with Crippen LogP contribution in [0.15, 0.2) is 27.4 Å². The van der Waals surface area contributed by atoms with E-state index in [1.165, 1.54) is 4.90 Å². The van der Waals surface area contributed by atoms with Gasteiger partial charge in [0, 0.05) is 17.0 Å². The van der Waals surface area contributed by atoms with Gasteiger partial charge in [0.05, 0.1) is 26.3 Å². The van der Waals surface area contributed by atoms with Gasteiger partial charge in [0.2, 0.25) is 0 Å². The van der Waals surface area contributed by atoms with Gasteiger partial charge in [0.25, 0.3) is 5.91 Å². The summed E-state index contributed by atoms with van der Waals surface area (Å²) in [6.45, 7) is 6.74. The summed E-state index contributed by atoms with van der Waals surface area (Å²) >= 11 is 0. The van der Waals surface area contributed by atoms with Crippen molar-refractivity contribution >= 4 is 16.9 Å². The molecule has 2 N–H and O–H groups in total. The molecule has 7 heteroatoms. The van der Waals surface area contributed by atoms with E-state index >= 15 is 0 Å². The summed E-state index contributed by atoms with van der Waals surface area (Å²) in [7, 11) is 0. The first-order chi connectivity index (χ1) is 14.1. The lowest BCUT2D eigenvalue weighted by atomic mass is 9.91. The van der Waals surface area contributed by atoms with Gasteiger partial charge in [-0.05, 0) is 50.3 Å². The van der Waals surface area contributed by atoms with Crippen LogP contribution in [-0.2, 0) is 22.4 Å². The van der Waals surface area contributed by atoms with E-state index < -0.39 is 6.10 Å². The van der Waals surface area contributed by atoms with E-state index in [0.29, 0.717) is 17.9 Å². The van der Waals surface area contributed by atoms with Crippen LogP contribution in [-0.4, -0.2) is 51.4 Å². The second kappa shape index (κ2) is 8.97. The van der Waals surface area contributed by atoms with E-state index in [9.17, 15) is 9.59 Å². The van der Waals surface area contributed by atoms with Crippen molar-refractivity contribution in [2.75, 3.05) is 39.4 Å². The minimum atomic E-state index is -0.628. The molecule has 1 atom stereocenters. The number of rotatable bonds is 6. The van der Waals surface area contributed by atoms with E-state index in [-0.39, 0.29) is 11.5 Å². The molecule has 4 rings (SSSR count). The molecule has 0 bridgehead atoms. The second-order valence-electron chi connectivity index (χ2n) is 7.88. The van der Waals surface area contributed by atoms with E-state index in [4.69, 9.17) is 13.9 Å². The van der Waals surface area contributed by atoms with Gasteiger partial charge >= 0.3 is 5.63 Å². The van der Waals surface area contributed by atoms with Crippen LogP contribution in [0.3, 0.4) is 0 Å². The van der Waals surface area contributed by atoms with Crippen LogP contribution in [0.2, 0.25) is 0 Å².